The van der Waals surface area contributed by atoms with E-state index >= 15 is 0 Å². The molecule has 0 spiro atoms. The molecule has 0 radical (unpaired) electrons. The molecule has 20 heavy (non-hydrogen) atoms. The van der Waals surface area contributed by atoms with Crippen molar-refractivity contribution < 1.29 is 33.3 Å². The number of aromatic hydroxyl groups is 1. The molecular formula is C12H14F3NO4. The van der Waals surface area contributed by atoms with Gasteiger partial charge in [0.25, 0.3) is 0 Å². The van der Waals surface area contributed by atoms with Crippen molar-refractivity contribution >= 4 is 5.91 Å². The molecule has 0 aliphatic carbocycles. The third-order valence-electron chi connectivity index (χ3n) is 2.53. The van der Waals surface area contributed by atoms with Crippen molar-refractivity contribution in [3.8, 4) is 5.75 Å². The number of nitrogens with one attached hydrogen (secondary N) is 1. The molecule has 1 aromatic carbocycles. The van der Waals surface area contributed by atoms with Crippen LogP contribution in [0, 0.1) is 0 Å². The van der Waals surface area contributed by atoms with Gasteiger partial charge in [-0.2, -0.15) is 13.2 Å². The van der Waals surface area contributed by atoms with E-state index in [9.17, 15) is 33.3 Å². The average Bonchev–Trinajstić information content (AvgIpc) is 2.33. The van der Waals surface area contributed by atoms with Gasteiger partial charge in [-0.1, -0.05) is 0 Å². The van der Waals surface area contributed by atoms with Gasteiger partial charge in [-0.15, -0.1) is 0 Å². The first kappa shape index (κ1) is 16.3. The van der Waals surface area contributed by atoms with Crippen LogP contribution in [0.25, 0.3) is 0 Å². The second-order valence-electron chi connectivity index (χ2n) is 4.26. The van der Waals surface area contributed by atoms with E-state index in [1.807, 2.05) is 0 Å². The monoisotopic (exact) mass is 293 g/mol. The standard InChI is InChI=1S/C12H14F3NO4/c1-6(17)16-5-10(19)11(20)7-2-8(12(13,14)15)4-9(18)3-7/h2-4,10-11,18-20H,5H2,1H3,(H,16,17). The maximum Gasteiger partial charge on any atom is 0.416 e. The van der Waals surface area contributed by atoms with Gasteiger partial charge in [0.15, 0.2) is 0 Å². The Bertz CT molecular complexity index is 490. The summed E-state index contributed by atoms with van der Waals surface area (Å²) in [6.07, 6.45) is -7.85. The van der Waals surface area contributed by atoms with E-state index in [2.05, 4.69) is 5.32 Å². The van der Waals surface area contributed by atoms with Crippen molar-refractivity contribution in [2.24, 2.45) is 0 Å². The Morgan fingerprint density at radius 2 is 1.90 bits per heavy atom. The van der Waals surface area contributed by atoms with Crippen LogP contribution < -0.4 is 5.32 Å². The molecule has 5 nitrogen and oxygen atoms in total. The number of carbonyl (C=O) groups excluding carboxylic acids is 1. The van der Waals surface area contributed by atoms with Crippen LogP contribution >= 0.6 is 0 Å². The second kappa shape index (κ2) is 6.10. The fourth-order valence-electron chi connectivity index (χ4n) is 1.55. The summed E-state index contributed by atoms with van der Waals surface area (Å²) in [5.41, 5.74) is -1.44. The highest BCUT2D eigenvalue weighted by Crippen LogP contribution is 2.34. The summed E-state index contributed by atoms with van der Waals surface area (Å²) in [6, 6.07) is 2.05. The van der Waals surface area contributed by atoms with Gasteiger partial charge in [-0.3, -0.25) is 4.79 Å². The van der Waals surface area contributed by atoms with Gasteiger partial charge >= 0.3 is 6.18 Å². The van der Waals surface area contributed by atoms with Crippen LogP contribution in [0.5, 0.6) is 5.75 Å². The van der Waals surface area contributed by atoms with E-state index in [0.29, 0.717) is 12.1 Å². The normalized spacial score (nSPS) is 14.7. The molecule has 8 heteroatoms. The van der Waals surface area contributed by atoms with Crippen molar-refractivity contribution in [1.29, 1.82) is 0 Å². The summed E-state index contributed by atoms with van der Waals surface area (Å²) in [5.74, 6) is -1.14. The van der Waals surface area contributed by atoms with Crippen LogP contribution in [0.15, 0.2) is 18.2 Å². The lowest BCUT2D eigenvalue weighted by Gasteiger charge is -2.19. The lowest BCUT2D eigenvalue weighted by Crippen LogP contribution is -2.34. The van der Waals surface area contributed by atoms with Gasteiger partial charge in [0, 0.05) is 13.5 Å². The molecular weight excluding hydrogens is 279 g/mol. The molecule has 0 aliphatic heterocycles. The van der Waals surface area contributed by atoms with Gasteiger partial charge in [0.05, 0.1) is 5.56 Å². The number of halogens is 3. The molecule has 2 unspecified atom stereocenters. The van der Waals surface area contributed by atoms with Gasteiger partial charge in [-0.25, -0.2) is 0 Å². The summed E-state index contributed by atoms with van der Waals surface area (Å²) >= 11 is 0. The first-order chi connectivity index (χ1) is 9.11. The highest BCUT2D eigenvalue weighted by atomic mass is 19.4. The van der Waals surface area contributed by atoms with E-state index in [1.54, 1.807) is 0 Å². The Kier molecular flexibility index (Phi) is 4.96. The van der Waals surface area contributed by atoms with E-state index in [1.165, 1.54) is 6.92 Å². The molecule has 1 aromatic rings. The number of phenolic OH excluding ortho intramolecular Hbond substituents is 1. The van der Waals surface area contributed by atoms with E-state index in [4.69, 9.17) is 0 Å². The number of hydrogen-bond acceptors (Lipinski definition) is 4. The van der Waals surface area contributed by atoms with Crippen LogP contribution in [0.2, 0.25) is 0 Å². The van der Waals surface area contributed by atoms with Crippen LogP contribution in [0.1, 0.15) is 24.2 Å². The van der Waals surface area contributed by atoms with E-state index < -0.39 is 35.6 Å². The molecule has 1 amide bonds. The van der Waals surface area contributed by atoms with Crippen molar-refractivity contribution in [1.82, 2.24) is 5.32 Å². The lowest BCUT2D eigenvalue weighted by atomic mass is 10.0. The summed E-state index contributed by atoms with van der Waals surface area (Å²) in [7, 11) is 0. The first-order valence-corrected chi connectivity index (χ1v) is 5.63. The van der Waals surface area contributed by atoms with Gasteiger partial charge in [0.2, 0.25) is 5.91 Å². The van der Waals surface area contributed by atoms with Crippen molar-refractivity contribution in [3.63, 3.8) is 0 Å². The van der Waals surface area contributed by atoms with Crippen LogP contribution in [0.4, 0.5) is 13.2 Å². The minimum Gasteiger partial charge on any atom is -0.508 e. The number of amides is 1. The van der Waals surface area contributed by atoms with Crippen LogP contribution in [-0.2, 0) is 11.0 Å². The quantitative estimate of drug-likeness (QED) is 0.665. The zero-order valence-corrected chi connectivity index (χ0v) is 10.5. The number of rotatable bonds is 4. The minimum absolute atomic E-state index is 0.296. The first-order valence-electron chi connectivity index (χ1n) is 5.63. The Labute approximate surface area is 112 Å². The highest BCUT2D eigenvalue weighted by Gasteiger charge is 2.32. The molecule has 0 saturated carbocycles. The largest absolute Gasteiger partial charge is 0.508 e. The molecule has 0 fully saturated rings. The predicted octanol–water partition coefficient (Wildman–Crippen LogP) is 0.941. The SMILES string of the molecule is CC(=O)NCC(O)C(O)c1cc(O)cc(C(F)(F)F)c1. The molecule has 4 N–H and O–H groups in total. The number of aliphatic hydroxyl groups excluding tert-OH is 2. The third-order valence-corrected chi connectivity index (χ3v) is 2.53. The van der Waals surface area contributed by atoms with Crippen molar-refractivity contribution in [2.45, 2.75) is 25.3 Å². The zero-order chi connectivity index (χ0) is 15.5. The Balaban J connectivity index is 2.95. The highest BCUT2D eigenvalue weighted by molar-refractivity contribution is 5.72. The maximum absolute atomic E-state index is 12.6. The fraction of sp³-hybridized carbons (Fsp3) is 0.417. The fourth-order valence-corrected chi connectivity index (χ4v) is 1.55. The van der Waals surface area contributed by atoms with Gasteiger partial charge in [-0.05, 0) is 23.8 Å². The second-order valence-corrected chi connectivity index (χ2v) is 4.26. The number of carbonyl (C=O) groups is 1. The molecule has 0 saturated heterocycles. The Morgan fingerprint density at radius 3 is 2.40 bits per heavy atom. The molecule has 112 valence electrons. The summed E-state index contributed by atoms with van der Waals surface area (Å²) < 4.78 is 37.7. The Hall–Kier alpha value is -1.80. The van der Waals surface area contributed by atoms with Gasteiger partial charge in [0.1, 0.15) is 18.0 Å². The van der Waals surface area contributed by atoms with Crippen molar-refractivity contribution in [2.75, 3.05) is 6.54 Å². The maximum atomic E-state index is 12.6. The van der Waals surface area contributed by atoms with E-state index in [0.717, 1.165) is 6.07 Å². The lowest BCUT2D eigenvalue weighted by molar-refractivity contribution is -0.137. The summed E-state index contributed by atoms with van der Waals surface area (Å²) in [6.45, 7) is 0.864. The van der Waals surface area contributed by atoms with Crippen LogP contribution in [0.3, 0.4) is 0 Å². The van der Waals surface area contributed by atoms with Crippen LogP contribution in [-0.4, -0.2) is 33.9 Å². The summed E-state index contributed by atoms with van der Waals surface area (Å²) in [4.78, 5) is 10.7. The molecule has 0 heterocycles. The Morgan fingerprint density at radius 1 is 1.30 bits per heavy atom. The number of aliphatic hydroxyl groups is 2. The number of phenols is 1. The molecule has 1 rings (SSSR count). The average molecular weight is 293 g/mol. The molecule has 2 atom stereocenters. The number of alkyl halides is 3. The third kappa shape index (κ3) is 4.39. The zero-order valence-electron chi connectivity index (χ0n) is 10.5. The topological polar surface area (TPSA) is 89.8 Å². The number of hydrogen-bond donors (Lipinski definition) is 4. The smallest absolute Gasteiger partial charge is 0.416 e. The minimum atomic E-state index is -4.68. The molecule has 0 aromatic heterocycles. The van der Waals surface area contributed by atoms with E-state index in [-0.39, 0.29) is 12.1 Å². The summed E-state index contributed by atoms with van der Waals surface area (Å²) in [5, 5.41) is 30.8. The predicted molar refractivity (Wildman–Crippen MR) is 62.8 cm³/mol. The molecule has 0 aliphatic rings. The van der Waals surface area contributed by atoms with Gasteiger partial charge < -0.3 is 20.6 Å². The van der Waals surface area contributed by atoms with Crippen molar-refractivity contribution in [3.05, 3.63) is 29.3 Å². The molecule has 0 bridgehead atoms. The number of benzene rings is 1.